The van der Waals surface area contributed by atoms with E-state index in [2.05, 4.69) is 0 Å². The summed E-state index contributed by atoms with van der Waals surface area (Å²) in [6, 6.07) is -0.373. The molecule has 0 aromatic carbocycles. The van der Waals surface area contributed by atoms with Gasteiger partial charge in [-0.2, -0.15) is 0 Å². The fourth-order valence-corrected chi connectivity index (χ4v) is 1.45. The van der Waals surface area contributed by atoms with Crippen molar-refractivity contribution < 1.29 is 20.4 Å². The van der Waals surface area contributed by atoms with Crippen LogP contribution in [-0.4, -0.2) is 50.9 Å². The maximum Gasteiger partial charge on any atom is 0.108 e. The third-order valence-corrected chi connectivity index (χ3v) is 2.23. The SMILES string of the molecule is NC1C[C@@H](O)[C@@H](O)[C@H](O)[C@H](O)C1. The van der Waals surface area contributed by atoms with Crippen LogP contribution in [0.1, 0.15) is 12.8 Å². The van der Waals surface area contributed by atoms with Crippen LogP contribution in [-0.2, 0) is 0 Å². The summed E-state index contributed by atoms with van der Waals surface area (Å²) in [5, 5.41) is 36.8. The molecule has 0 spiro atoms. The first kappa shape index (κ1) is 9.88. The maximum absolute atomic E-state index is 9.22. The van der Waals surface area contributed by atoms with Crippen LogP contribution in [0.25, 0.3) is 0 Å². The number of rotatable bonds is 0. The van der Waals surface area contributed by atoms with E-state index in [0.29, 0.717) is 0 Å². The van der Waals surface area contributed by atoms with E-state index in [1.165, 1.54) is 0 Å². The maximum atomic E-state index is 9.22. The van der Waals surface area contributed by atoms with Gasteiger partial charge in [0.2, 0.25) is 0 Å². The molecule has 6 N–H and O–H groups in total. The Morgan fingerprint density at radius 3 is 1.50 bits per heavy atom. The van der Waals surface area contributed by atoms with E-state index in [1.54, 1.807) is 0 Å². The molecule has 1 aliphatic rings. The topological polar surface area (TPSA) is 107 Å². The molecular weight excluding hydrogens is 162 g/mol. The normalized spacial score (nSPS) is 50.2. The Bertz CT molecular complexity index is 138. The van der Waals surface area contributed by atoms with Gasteiger partial charge in [0, 0.05) is 6.04 Å². The minimum atomic E-state index is -1.30. The van der Waals surface area contributed by atoms with Crippen LogP contribution in [0, 0.1) is 0 Å². The van der Waals surface area contributed by atoms with Crippen molar-refractivity contribution in [2.24, 2.45) is 5.73 Å². The molecule has 4 atom stereocenters. The van der Waals surface area contributed by atoms with Gasteiger partial charge in [0.15, 0.2) is 0 Å². The van der Waals surface area contributed by atoms with Gasteiger partial charge < -0.3 is 26.2 Å². The molecule has 0 aromatic heterocycles. The lowest BCUT2D eigenvalue weighted by Gasteiger charge is -2.21. The second-order valence-corrected chi connectivity index (χ2v) is 3.35. The van der Waals surface area contributed by atoms with Crippen molar-refractivity contribution >= 4 is 0 Å². The van der Waals surface area contributed by atoms with Gasteiger partial charge >= 0.3 is 0 Å². The summed E-state index contributed by atoms with van der Waals surface area (Å²) in [4.78, 5) is 0. The lowest BCUT2D eigenvalue weighted by atomic mass is 10.1. The van der Waals surface area contributed by atoms with E-state index >= 15 is 0 Å². The molecule has 0 radical (unpaired) electrons. The minimum Gasteiger partial charge on any atom is -0.390 e. The van der Waals surface area contributed by atoms with Crippen molar-refractivity contribution in [3.63, 3.8) is 0 Å². The first-order valence-corrected chi connectivity index (χ1v) is 4.00. The standard InChI is InChI=1S/C7H15NO4/c8-3-1-4(9)6(11)7(12)5(10)2-3/h3-7,9-12H,1-2,8H2/t4-,5-,6-,7-/m1/s1. The van der Waals surface area contributed by atoms with Crippen molar-refractivity contribution in [1.82, 2.24) is 0 Å². The Kier molecular flexibility index (Phi) is 3.03. The fraction of sp³-hybridized carbons (Fsp3) is 1.00. The van der Waals surface area contributed by atoms with E-state index in [9.17, 15) is 20.4 Å². The Morgan fingerprint density at radius 2 is 1.17 bits per heavy atom. The predicted octanol–water partition coefficient (Wildman–Crippen LogP) is -2.45. The summed E-state index contributed by atoms with van der Waals surface area (Å²) in [6.07, 6.45) is -4.29. The van der Waals surface area contributed by atoms with Crippen LogP contribution in [0.5, 0.6) is 0 Å². The van der Waals surface area contributed by atoms with E-state index in [0.717, 1.165) is 0 Å². The molecule has 0 saturated heterocycles. The second-order valence-electron chi connectivity index (χ2n) is 3.35. The molecule has 12 heavy (non-hydrogen) atoms. The van der Waals surface area contributed by atoms with Crippen LogP contribution in [0.15, 0.2) is 0 Å². The third kappa shape index (κ3) is 1.94. The van der Waals surface area contributed by atoms with Gasteiger partial charge in [-0.1, -0.05) is 0 Å². The minimum absolute atomic E-state index is 0.204. The Morgan fingerprint density at radius 1 is 0.833 bits per heavy atom. The lowest BCUT2D eigenvalue weighted by molar-refractivity contribution is -0.0947. The third-order valence-electron chi connectivity index (χ3n) is 2.23. The quantitative estimate of drug-likeness (QED) is 0.264. The van der Waals surface area contributed by atoms with E-state index in [-0.39, 0.29) is 18.9 Å². The molecule has 5 heteroatoms. The summed E-state index contributed by atoms with van der Waals surface area (Å²) in [5.74, 6) is 0. The van der Waals surface area contributed by atoms with E-state index < -0.39 is 24.4 Å². The van der Waals surface area contributed by atoms with Crippen LogP contribution >= 0.6 is 0 Å². The van der Waals surface area contributed by atoms with Gasteiger partial charge in [0.25, 0.3) is 0 Å². The predicted molar refractivity (Wildman–Crippen MR) is 41.2 cm³/mol. The van der Waals surface area contributed by atoms with Crippen molar-refractivity contribution in [3.8, 4) is 0 Å². The van der Waals surface area contributed by atoms with Crippen LogP contribution in [0.3, 0.4) is 0 Å². The molecule has 1 saturated carbocycles. The highest BCUT2D eigenvalue weighted by Gasteiger charge is 2.35. The molecule has 1 fully saturated rings. The molecule has 0 aliphatic heterocycles. The number of nitrogens with two attached hydrogens (primary N) is 1. The molecule has 72 valence electrons. The highest BCUT2D eigenvalue weighted by atomic mass is 16.4. The van der Waals surface area contributed by atoms with Crippen LogP contribution < -0.4 is 5.73 Å². The van der Waals surface area contributed by atoms with Crippen molar-refractivity contribution in [3.05, 3.63) is 0 Å². The summed E-state index contributed by atoms with van der Waals surface area (Å²) < 4.78 is 0. The monoisotopic (exact) mass is 177 g/mol. The largest absolute Gasteiger partial charge is 0.390 e. The highest BCUT2D eigenvalue weighted by Crippen LogP contribution is 2.18. The highest BCUT2D eigenvalue weighted by molar-refractivity contribution is 4.89. The Hall–Kier alpha value is -0.200. The first-order valence-electron chi connectivity index (χ1n) is 4.00. The van der Waals surface area contributed by atoms with Gasteiger partial charge in [0.05, 0.1) is 12.2 Å². The fourth-order valence-electron chi connectivity index (χ4n) is 1.45. The summed E-state index contributed by atoms with van der Waals surface area (Å²) >= 11 is 0. The Labute approximate surface area is 70.4 Å². The molecule has 0 aromatic rings. The lowest BCUT2D eigenvalue weighted by Crippen LogP contribution is -2.41. The van der Waals surface area contributed by atoms with Crippen molar-refractivity contribution in [1.29, 1.82) is 0 Å². The van der Waals surface area contributed by atoms with Gasteiger partial charge in [-0.25, -0.2) is 0 Å². The summed E-state index contributed by atoms with van der Waals surface area (Å²) in [7, 11) is 0. The molecule has 0 heterocycles. The molecule has 0 amide bonds. The zero-order valence-corrected chi connectivity index (χ0v) is 6.67. The number of hydrogen-bond acceptors (Lipinski definition) is 5. The zero-order chi connectivity index (χ0) is 9.30. The molecule has 1 rings (SSSR count). The number of aliphatic hydroxyl groups excluding tert-OH is 4. The number of aliphatic hydroxyl groups is 4. The van der Waals surface area contributed by atoms with Gasteiger partial charge in [0.1, 0.15) is 12.2 Å². The smallest absolute Gasteiger partial charge is 0.108 e. The van der Waals surface area contributed by atoms with Gasteiger partial charge in [-0.3, -0.25) is 0 Å². The van der Waals surface area contributed by atoms with Crippen molar-refractivity contribution in [2.75, 3.05) is 0 Å². The molecule has 0 unspecified atom stereocenters. The molecule has 1 aliphatic carbocycles. The summed E-state index contributed by atoms with van der Waals surface area (Å²) in [5.41, 5.74) is 5.50. The zero-order valence-electron chi connectivity index (χ0n) is 6.67. The molecule has 5 nitrogen and oxygen atoms in total. The second kappa shape index (κ2) is 3.68. The summed E-state index contributed by atoms with van der Waals surface area (Å²) in [6.45, 7) is 0. The van der Waals surface area contributed by atoms with E-state index in [4.69, 9.17) is 5.73 Å². The van der Waals surface area contributed by atoms with E-state index in [1.807, 2.05) is 0 Å². The van der Waals surface area contributed by atoms with Crippen molar-refractivity contribution in [2.45, 2.75) is 43.3 Å². The molecular formula is C7H15NO4. The van der Waals surface area contributed by atoms with Crippen LogP contribution in [0.4, 0.5) is 0 Å². The number of hydrogen-bond donors (Lipinski definition) is 5. The first-order chi connectivity index (χ1) is 5.52. The average molecular weight is 177 g/mol. The molecule has 0 bridgehead atoms. The van der Waals surface area contributed by atoms with Crippen LogP contribution in [0.2, 0.25) is 0 Å². The Balaban J connectivity index is 2.66. The van der Waals surface area contributed by atoms with Gasteiger partial charge in [-0.05, 0) is 12.8 Å². The van der Waals surface area contributed by atoms with Gasteiger partial charge in [-0.15, -0.1) is 0 Å². The average Bonchev–Trinajstić information content (AvgIpc) is 2.05.